The molecule has 1 heterocycles. The molecular formula is C21H19FN2O5S. The van der Waals surface area contributed by atoms with Crippen LogP contribution in [0.3, 0.4) is 0 Å². The van der Waals surface area contributed by atoms with Gasteiger partial charge in [0.1, 0.15) is 11.1 Å². The molecular weight excluding hydrogens is 411 g/mol. The average molecular weight is 430 g/mol. The summed E-state index contributed by atoms with van der Waals surface area (Å²) in [5, 5.41) is 3.89. The van der Waals surface area contributed by atoms with Crippen molar-refractivity contribution in [3.8, 4) is 0 Å². The highest BCUT2D eigenvalue weighted by atomic mass is 32.2. The van der Waals surface area contributed by atoms with E-state index in [1.807, 2.05) is 0 Å². The van der Waals surface area contributed by atoms with Gasteiger partial charge in [0.05, 0.1) is 11.2 Å². The first-order valence-electron chi connectivity index (χ1n) is 8.98. The molecule has 2 N–H and O–H groups in total. The van der Waals surface area contributed by atoms with Crippen LogP contribution in [0.4, 0.5) is 10.1 Å². The number of rotatable bonds is 7. The van der Waals surface area contributed by atoms with E-state index in [-0.39, 0.29) is 17.2 Å². The fraction of sp³-hybridized carbons (Fsp3) is 0.143. The highest BCUT2D eigenvalue weighted by molar-refractivity contribution is 7.92. The quantitative estimate of drug-likeness (QED) is 0.560. The summed E-state index contributed by atoms with van der Waals surface area (Å²) in [6, 6.07) is 14.2. The van der Waals surface area contributed by atoms with Crippen LogP contribution in [0.15, 0.2) is 76.2 Å². The number of carbonyl (C=O) groups excluding carboxylic acids is 2. The van der Waals surface area contributed by atoms with Crippen molar-refractivity contribution in [2.75, 3.05) is 5.32 Å². The Morgan fingerprint density at radius 3 is 2.47 bits per heavy atom. The van der Waals surface area contributed by atoms with E-state index in [4.69, 9.17) is 4.42 Å². The second-order valence-electron chi connectivity index (χ2n) is 6.49. The van der Waals surface area contributed by atoms with Gasteiger partial charge in [-0.25, -0.2) is 12.8 Å². The zero-order chi connectivity index (χ0) is 21.7. The van der Waals surface area contributed by atoms with E-state index >= 15 is 0 Å². The minimum atomic E-state index is -3.95. The van der Waals surface area contributed by atoms with Crippen molar-refractivity contribution >= 4 is 27.3 Å². The maximum atomic E-state index is 13.0. The van der Waals surface area contributed by atoms with Crippen molar-refractivity contribution in [3.05, 3.63) is 84.1 Å². The van der Waals surface area contributed by atoms with Crippen LogP contribution in [0.1, 0.15) is 23.0 Å². The molecule has 156 valence electrons. The number of anilines is 1. The smallest absolute Gasteiger partial charge is 0.291 e. The minimum Gasteiger partial charge on any atom is -0.459 e. The fourth-order valence-electron chi connectivity index (χ4n) is 2.66. The van der Waals surface area contributed by atoms with Crippen LogP contribution in [0.2, 0.25) is 0 Å². The fourth-order valence-corrected chi connectivity index (χ4v) is 3.95. The number of nitrogens with one attached hydrogen (secondary N) is 2. The predicted octanol–water partition coefficient (Wildman–Crippen LogP) is 3.15. The SMILES string of the molecule is CC(C(=O)NCc1cccc(NC(=O)c2ccco2)c1)S(=O)(=O)c1ccc(F)cc1. The number of carbonyl (C=O) groups is 2. The van der Waals surface area contributed by atoms with Crippen molar-refractivity contribution in [3.63, 3.8) is 0 Å². The number of sulfone groups is 1. The van der Waals surface area contributed by atoms with Gasteiger partial charge in [0.25, 0.3) is 5.91 Å². The molecule has 0 fully saturated rings. The molecule has 0 aliphatic carbocycles. The first-order chi connectivity index (χ1) is 14.3. The third-order valence-corrected chi connectivity index (χ3v) is 6.45. The summed E-state index contributed by atoms with van der Waals surface area (Å²) in [6.45, 7) is 1.33. The predicted molar refractivity (Wildman–Crippen MR) is 108 cm³/mol. The summed E-state index contributed by atoms with van der Waals surface area (Å²) in [7, 11) is -3.95. The third-order valence-electron chi connectivity index (χ3n) is 4.37. The summed E-state index contributed by atoms with van der Waals surface area (Å²) in [5.74, 6) is -1.51. The molecule has 9 heteroatoms. The van der Waals surface area contributed by atoms with Gasteiger partial charge < -0.3 is 15.1 Å². The lowest BCUT2D eigenvalue weighted by atomic mass is 10.2. The lowest BCUT2D eigenvalue weighted by Gasteiger charge is -2.14. The largest absolute Gasteiger partial charge is 0.459 e. The zero-order valence-electron chi connectivity index (χ0n) is 16.0. The third kappa shape index (κ3) is 4.93. The van der Waals surface area contributed by atoms with Crippen molar-refractivity contribution in [2.24, 2.45) is 0 Å². The van der Waals surface area contributed by atoms with E-state index in [0.29, 0.717) is 11.3 Å². The monoisotopic (exact) mass is 430 g/mol. The van der Waals surface area contributed by atoms with Gasteiger partial charge in [-0.05, 0) is 61.0 Å². The molecule has 7 nitrogen and oxygen atoms in total. The molecule has 0 saturated heterocycles. The topological polar surface area (TPSA) is 105 Å². The van der Waals surface area contributed by atoms with Gasteiger partial charge in [-0.3, -0.25) is 9.59 Å². The Morgan fingerprint density at radius 2 is 1.80 bits per heavy atom. The van der Waals surface area contributed by atoms with E-state index < -0.39 is 32.7 Å². The zero-order valence-corrected chi connectivity index (χ0v) is 16.8. The summed E-state index contributed by atoms with van der Waals surface area (Å²) < 4.78 is 43.1. The van der Waals surface area contributed by atoms with Crippen LogP contribution in [0.25, 0.3) is 0 Å². The molecule has 1 atom stereocenters. The van der Waals surface area contributed by atoms with Crippen LogP contribution in [-0.2, 0) is 21.2 Å². The molecule has 0 aliphatic heterocycles. The van der Waals surface area contributed by atoms with Gasteiger partial charge in [0.15, 0.2) is 15.6 Å². The molecule has 0 bridgehead atoms. The van der Waals surface area contributed by atoms with E-state index in [2.05, 4.69) is 10.6 Å². The van der Waals surface area contributed by atoms with Crippen molar-refractivity contribution in [2.45, 2.75) is 23.6 Å². The lowest BCUT2D eigenvalue weighted by molar-refractivity contribution is -0.120. The summed E-state index contributed by atoms with van der Waals surface area (Å²) in [5.41, 5.74) is 1.15. The number of benzene rings is 2. The Kier molecular flexibility index (Phi) is 6.31. The maximum absolute atomic E-state index is 13.0. The average Bonchev–Trinajstić information content (AvgIpc) is 3.27. The van der Waals surface area contributed by atoms with Crippen LogP contribution in [0, 0.1) is 5.82 Å². The van der Waals surface area contributed by atoms with Crippen molar-refractivity contribution < 1.29 is 26.8 Å². The molecule has 1 aromatic heterocycles. The number of halogens is 1. The first kappa shape index (κ1) is 21.3. The van der Waals surface area contributed by atoms with E-state index in [1.54, 1.807) is 30.3 Å². The molecule has 2 aromatic carbocycles. The van der Waals surface area contributed by atoms with E-state index in [1.165, 1.54) is 19.3 Å². The highest BCUT2D eigenvalue weighted by Gasteiger charge is 2.29. The molecule has 0 spiro atoms. The summed E-state index contributed by atoms with van der Waals surface area (Å²) in [6.07, 6.45) is 1.39. The lowest BCUT2D eigenvalue weighted by Crippen LogP contribution is -2.37. The standard InChI is InChI=1S/C21H19FN2O5S/c1-14(30(27,28)18-9-7-16(22)8-10-18)20(25)23-13-15-4-2-5-17(12-15)24-21(26)19-6-3-11-29-19/h2-12,14H,13H2,1H3,(H,23,25)(H,24,26). The first-order valence-corrected chi connectivity index (χ1v) is 10.5. The molecule has 3 aromatic rings. The van der Waals surface area contributed by atoms with Crippen LogP contribution in [-0.4, -0.2) is 25.5 Å². The molecule has 0 aliphatic rings. The molecule has 0 radical (unpaired) electrons. The number of hydrogen-bond acceptors (Lipinski definition) is 5. The van der Waals surface area contributed by atoms with Gasteiger partial charge in [0.2, 0.25) is 5.91 Å². The number of hydrogen-bond donors (Lipinski definition) is 2. The van der Waals surface area contributed by atoms with Gasteiger partial charge in [-0.2, -0.15) is 0 Å². The van der Waals surface area contributed by atoms with Gasteiger partial charge in [-0.1, -0.05) is 12.1 Å². The maximum Gasteiger partial charge on any atom is 0.291 e. The number of furan rings is 1. The second-order valence-corrected chi connectivity index (χ2v) is 8.76. The summed E-state index contributed by atoms with van der Waals surface area (Å²) in [4.78, 5) is 24.3. The molecule has 1 unspecified atom stereocenters. The summed E-state index contributed by atoms with van der Waals surface area (Å²) >= 11 is 0. The van der Waals surface area contributed by atoms with Crippen LogP contribution >= 0.6 is 0 Å². The molecule has 30 heavy (non-hydrogen) atoms. The van der Waals surface area contributed by atoms with Gasteiger partial charge in [0, 0.05) is 12.2 Å². The van der Waals surface area contributed by atoms with Crippen LogP contribution in [0.5, 0.6) is 0 Å². The molecule has 0 saturated carbocycles. The number of amides is 2. The van der Waals surface area contributed by atoms with Crippen molar-refractivity contribution in [1.29, 1.82) is 0 Å². The Bertz CT molecular complexity index is 1140. The Hall–Kier alpha value is -3.46. The Balaban J connectivity index is 1.62. The second kappa shape index (κ2) is 8.91. The van der Waals surface area contributed by atoms with E-state index in [9.17, 15) is 22.4 Å². The molecule has 2 amide bonds. The van der Waals surface area contributed by atoms with Crippen molar-refractivity contribution in [1.82, 2.24) is 5.32 Å². The molecule has 3 rings (SSSR count). The Labute approximate surface area is 172 Å². The normalized spacial score (nSPS) is 12.2. The Morgan fingerprint density at radius 1 is 1.07 bits per heavy atom. The van der Waals surface area contributed by atoms with E-state index in [0.717, 1.165) is 24.3 Å². The minimum absolute atomic E-state index is 0.0621. The van der Waals surface area contributed by atoms with Crippen LogP contribution < -0.4 is 10.6 Å². The van der Waals surface area contributed by atoms with Gasteiger partial charge in [-0.15, -0.1) is 0 Å². The van der Waals surface area contributed by atoms with Gasteiger partial charge >= 0.3 is 0 Å². The highest BCUT2D eigenvalue weighted by Crippen LogP contribution is 2.17.